The highest BCUT2D eigenvalue weighted by molar-refractivity contribution is 5.78. The maximum absolute atomic E-state index is 12.6. The van der Waals surface area contributed by atoms with Crippen molar-refractivity contribution in [2.45, 2.75) is 52.5 Å². The highest BCUT2D eigenvalue weighted by Gasteiger charge is 2.61. The zero-order chi connectivity index (χ0) is 17.8. The highest BCUT2D eigenvalue weighted by atomic mass is 16.6. The van der Waals surface area contributed by atoms with E-state index in [-0.39, 0.29) is 41.7 Å². The topological polar surface area (TPSA) is 62.5 Å². The molecule has 1 aromatic carbocycles. The number of aryl methyl sites for hydroxylation is 1. The van der Waals surface area contributed by atoms with E-state index in [4.69, 9.17) is 9.47 Å². The predicted octanol–water partition coefficient (Wildman–Crippen LogP) is 2.18. The first-order valence-electron chi connectivity index (χ1n) is 8.94. The fraction of sp³-hybridized carbons (Fsp3) is 0.579. The van der Waals surface area contributed by atoms with Crippen molar-refractivity contribution in [3.05, 3.63) is 34.7 Å². The standard InChI is InChI=1S/C19H24N2O4/c1-4-20-13-7-5-6-8-14(13)21(18(20)23)11-15(22)25-17-12-9-10-24-16(12)19(17,2)3/h5-8,12,16-17H,4,9-11H2,1-3H3/t12-,16+,17+/m0/s1. The van der Waals surface area contributed by atoms with Gasteiger partial charge in [-0.25, -0.2) is 4.79 Å². The SMILES string of the molecule is CCn1c(=O)n(CC(=O)O[C@@H]2[C@H]3CCO[C@H]3C2(C)C)c2ccccc21. The number of hydrogen-bond donors (Lipinski definition) is 0. The van der Waals surface area contributed by atoms with Crippen LogP contribution in [0.2, 0.25) is 0 Å². The molecular formula is C19H24N2O4. The molecule has 2 fully saturated rings. The number of nitrogens with zero attached hydrogens (tertiary/aromatic N) is 2. The Balaban J connectivity index is 1.57. The minimum Gasteiger partial charge on any atom is -0.460 e. The molecule has 6 heteroatoms. The lowest BCUT2D eigenvalue weighted by molar-refractivity contribution is -0.210. The summed E-state index contributed by atoms with van der Waals surface area (Å²) >= 11 is 0. The number of ether oxygens (including phenoxy) is 2. The fourth-order valence-corrected chi connectivity index (χ4v) is 4.56. The Kier molecular flexibility index (Phi) is 3.76. The van der Waals surface area contributed by atoms with Crippen LogP contribution in [0.4, 0.5) is 0 Å². The average Bonchev–Trinajstić information content (AvgIpc) is 3.15. The van der Waals surface area contributed by atoms with E-state index in [1.54, 1.807) is 4.57 Å². The molecule has 1 aromatic heterocycles. The van der Waals surface area contributed by atoms with Gasteiger partial charge in [-0.3, -0.25) is 13.9 Å². The van der Waals surface area contributed by atoms with E-state index in [0.29, 0.717) is 6.54 Å². The van der Waals surface area contributed by atoms with Crippen molar-refractivity contribution in [2.24, 2.45) is 11.3 Å². The third-order valence-electron chi connectivity index (χ3n) is 5.78. The highest BCUT2D eigenvalue weighted by Crippen LogP contribution is 2.53. The number of carbonyl (C=O) groups is 1. The Morgan fingerprint density at radius 2 is 1.96 bits per heavy atom. The Labute approximate surface area is 146 Å². The van der Waals surface area contributed by atoms with Crippen LogP contribution in [0.1, 0.15) is 27.2 Å². The van der Waals surface area contributed by atoms with E-state index in [9.17, 15) is 9.59 Å². The van der Waals surface area contributed by atoms with Gasteiger partial charge in [0.1, 0.15) is 12.6 Å². The number of rotatable bonds is 4. The molecule has 1 saturated heterocycles. The Morgan fingerprint density at radius 1 is 1.28 bits per heavy atom. The summed E-state index contributed by atoms with van der Waals surface area (Å²) < 4.78 is 14.7. The third kappa shape index (κ3) is 2.34. The van der Waals surface area contributed by atoms with Crippen LogP contribution >= 0.6 is 0 Å². The monoisotopic (exact) mass is 344 g/mol. The molecule has 0 radical (unpaired) electrons. The van der Waals surface area contributed by atoms with Crippen molar-refractivity contribution in [2.75, 3.05) is 6.61 Å². The molecule has 1 aliphatic heterocycles. The van der Waals surface area contributed by atoms with E-state index < -0.39 is 0 Å². The maximum Gasteiger partial charge on any atom is 0.329 e. The number of para-hydroxylation sites is 2. The molecule has 2 aromatic rings. The van der Waals surface area contributed by atoms with E-state index in [2.05, 4.69) is 13.8 Å². The summed E-state index contributed by atoms with van der Waals surface area (Å²) in [6.07, 6.45) is 0.971. The molecule has 1 aliphatic carbocycles. The van der Waals surface area contributed by atoms with Crippen molar-refractivity contribution in [1.29, 1.82) is 0 Å². The van der Waals surface area contributed by atoms with Crippen molar-refractivity contribution < 1.29 is 14.3 Å². The first kappa shape index (κ1) is 16.4. The van der Waals surface area contributed by atoms with Crippen molar-refractivity contribution >= 4 is 17.0 Å². The fourth-order valence-electron chi connectivity index (χ4n) is 4.56. The molecular weight excluding hydrogens is 320 g/mol. The van der Waals surface area contributed by atoms with E-state index in [0.717, 1.165) is 24.1 Å². The van der Waals surface area contributed by atoms with E-state index in [1.165, 1.54) is 4.57 Å². The number of esters is 1. The Morgan fingerprint density at radius 3 is 2.64 bits per heavy atom. The van der Waals surface area contributed by atoms with Gasteiger partial charge in [0.25, 0.3) is 0 Å². The number of fused-ring (bicyclic) bond motifs is 2. The normalized spacial score (nSPS) is 27.1. The zero-order valence-corrected chi connectivity index (χ0v) is 14.9. The van der Waals surface area contributed by atoms with E-state index in [1.807, 2.05) is 31.2 Å². The third-order valence-corrected chi connectivity index (χ3v) is 5.78. The second-order valence-electron chi connectivity index (χ2n) is 7.58. The quantitative estimate of drug-likeness (QED) is 0.798. The van der Waals surface area contributed by atoms with Gasteiger partial charge < -0.3 is 9.47 Å². The van der Waals surface area contributed by atoms with Crippen LogP contribution in [0.3, 0.4) is 0 Å². The Hall–Kier alpha value is -2.08. The molecule has 0 N–H and O–H groups in total. The van der Waals surface area contributed by atoms with Crippen LogP contribution < -0.4 is 5.69 Å². The van der Waals surface area contributed by atoms with Crippen LogP contribution in [-0.4, -0.2) is 33.9 Å². The molecule has 0 bridgehead atoms. The molecule has 6 nitrogen and oxygen atoms in total. The van der Waals surface area contributed by atoms with Crippen molar-refractivity contribution in [3.63, 3.8) is 0 Å². The minimum atomic E-state index is -0.357. The van der Waals surface area contributed by atoms with Crippen molar-refractivity contribution in [3.8, 4) is 0 Å². The Bertz CT molecular complexity index is 879. The first-order valence-corrected chi connectivity index (χ1v) is 8.94. The van der Waals surface area contributed by atoms with Crippen LogP contribution in [0.5, 0.6) is 0 Å². The smallest absolute Gasteiger partial charge is 0.329 e. The van der Waals surface area contributed by atoms with Crippen LogP contribution in [0.15, 0.2) is 29.1 Å². The lowest BCUT2D eigenvalue weighted by atomic mass is 9.59. The molecule has 2 aliphatic rings. The number of carbonyl (C=O) groups excluding carboxylic acids is 1. The number of hydrogen-bond acceptors (Lipinski definition) is 4. The van der Waals surface area contributed by atoms with Gasteiger partial charge in [-0.05, 0) is 25.5 Å². The maximum atomic E-state index is 12.6. The molecule has 0 amide bonds. The largest absolute Gasteiger partial charge is 0.460 e. The number of aromatic nitrogens is 2. The van der Waals surface area contributed by atoms with Crippen molar-refractivity contribution in [1.82, 2.24) is 9.13 Å². The summed E-state index contributed by atoms with van der Waals surface area (Å²) in [4.78, 5) is 25.2. The van der Waals surface area contributed by atoms with Gasteiger partial charge in [0.05, 0.1) is 17.1 Å². The summed E-state index contributed by atoms with van der Waals surface area (Å²) in [6, 6.07) is 7.54. The van der Waals surface area contributed by atoms with Gasteiger partial charge >= 0.3 is 11.7 Å². The molecule has 0 unspecified atom stereocenters. The minimum absolute atomic E-state index is 0.0584. The van der Waals surface area contributed by atoms with Crippen LogP contribution in [0.25, 0.3) is 11.0 Å². The van der Waals surface area contributed by atoms with Crippen LogP contribution in [-0.2, 0) is 27.4 Å². The summed E-state index contributed by atoms with van der Waals surface area (Å²) in [5.41, 5.74) is 1.27. The number of benzene rings is 1. The molecule has 4 rings (SSSR count). The molecule has 3 atom stereocenters. The van der Waals surface area contributed by atoms with E-state index >= 15 is 0 Å². The average molecular weight is 344 g/mol. The molecule has 1 saturated carbocycles. The molecule has 134 valence electrons. The lowest BCUT2D eigenvalue weighted by Crippen LogP contribution is -2.61. The first-order chi connectivity index (χ1) is 11.9. The van der Waals surface area contributed by atoms with Gasteiger partial charge in [-0.1, -0.05) is 26.0 Å². The lowest BCUT2D eigenvalue weighted by Gasteiger charge is -2.53. The predicted molar refractivity (Wildman–Crippen MR) is 93.4 cm³/mol. The zero-order valence-electron chi connectivity index (χ0n) is 14.9. The summed E-state index contributed by atoms with van der Waals surface area (Å²) in [6.45, 7) is 7.32. The second kappa shape index (κ2) is 5.73. The summed E-state index contributed by atoms with van der Waals surface area (Å²) in [7, 11) is 0. The number of imidazole rings is 1. The summed E-state index contributed by atoms with van der Waals surface area (Å²) in [5.74, 6) is -0.0720. The van der Waals surface area contributed by atoms with Gasteiger partial charge in [-0.2, -0.15) is 0 Å². The molecule has 2 heterocycles. The van der Waals surface area contributed by atoms with Gasteiger partial charge in [0.2, 0.25) is 0 Å². The summed E-state index contributed by atoms with van der Waals surface area (Å²) in [5, 5.41) is 0. The van der Waals surface area contributed by atoms with Crippen LogP contribution in [0, 0.1) is 11.3 Å². The van der Waals surface area contributed by atoms with Gasteiger partial charge in [0.15, 0.2) is 0 Å². The second-order valence-corrected chi connectivity index (χ2v) is 7.58. The molecule has 0 spiro atoms. The molecule has 25 heavy (non-hydrogen) atoms. The van der Waals surface area contributed by atoms with Gasteiger partial charge in [-0.15, -0.1) is 0 Å². The van der Waals surface area contributed by atoms with Gasteiger partial charge in [0, 0.05) is 24.5 Å².